The van der Waals surface area contributed by atoms with Crippen LogP contribution in [-0.4, -0.2) is 30.5 Å². The maximum Gasteiger partial charge on any atom is 0.338 e. The number of carbonyl (C=O) groups is 2. The summed E-state index contributed by atoms with van der Waals surface area (Å²) in [5.41, 5.74) is 1.33. The lowest BCUT2D eigenvalue weighted by Gasteiger charge is -2.41. The summed E-state index contributed by atoms with van der Waals surface area (Å²) in [6.45, 7) is 1.94. The Hall–Kier alpha value is -4.37. The third-order valence-electron chi connectivity index (χ3n) is 5.93. The molecule has 0 radical (unpaired) electrons. The van der Waals surface area contributed by atoms with E-state index in [-0.39, 0.29) is 18.9 Å². The summed E-state index contributed by atoms with van der Waals surface area (Å²) in [7, 11) is 1.51. The molecule has 1 aliphatic heterocycles. The van der Waals surface area contributed by atoms with E-state index in [0.717, 1.165) is 5.56 Å². The maximum absolute atomic E-state index is 13.7. The van der Waals surface area contributed by atoms with Gasteiger partial charge in [-0.05, 0) is 48.4 Å². The first kappa shape index (κ1) is 22.8. The predicted octanol–water partition coefficient (Wildman–Crippen LogP) is 4.96. The highest BCUT2D eigenvalue weighted by molar-refractivity contribution is 5.97. The Morgan fingerprint density at radius 2 is 1.74 bits per heavy atom. The molecule has 0 saturated carbocycles. The minimum absolute atomic E-state index is 0.0294. The van der Waals surface area contributed by atoms with Crippen LogP contribution in [0.25, 0.3) is 6.08 Å². The number of nitriles is 1. The summed E-state index contributed by atoms with van der Waals surface area (Å²) < 4.78 is 10.8. The molecular formula is C28H24N2O4. The number of ether oxygens (including phenoxy) is 2. The van der Waals surface area contributed by atoms with Crippen LogP contribution in [0.2, 0.25) is 0 Å². The van der Waals surface area contributed by atoms with Gasteiger partial charge in [0.1, 0.15) is 5.75 Å². The Kier molecular flexibility index (Phi) is 6.46. The van der Waals surface area contributed by atoms with Crippen molar-refractivity contribution in [3.63, 3.8) is 0 Å². The summed E-state index contributed by atoms with van der Waals surface area (Å²) in [6.07, 6.45) is 3.49. The Labute approximate surface area is 198 Å². The van der Waals surface area contributed by atoms with E-state index in [9.17, 15) is 14.9 Å². The van der Waals surface area contributed by atoms with Gasteiger partial charge in [0.2, 0.25) is 0 Å². The highest BCUT2D eigenvalue weighted by Crippen LogP contribution is 2.42. The third kappa shape index (κ3) is 3.93. The Morgan fingerprint density at radius 1 is 1.00 bits per heavy atom. The van der Waals surface area contributed by atoms with Gasteiger partial charge >= 0.3 is 5.97 Å². The molecule has 6 heteroatoms. The van der Waals surface area contributed by atoms with E-state index < -0.39 is 11.5 Å². The van der Waals surface area contributed by atoms with Crippen LogP contribution in [0, 0.1) is 11.3 Å². The van der Waals surface area contributed by atoms with Crippen LogP contribution in [0.1, 0.15) is 44.3 Å². The molecule has 1 unspecified atom stereocenters. The number of hydrogen-bond acceptors (Lipinski definition) is 5. The van der Waals surface area contributed by atoms with Crippen LogP contribution < -0.4 is 4.74 Å². The van der Waals surface area contributed by atoms with E-state index in [2.05, 4.69) is 6.07 Å². The second-order valence-corrected chi connectivity index (χ2v) is 7.80. The van der Waals surface area contributed by atoms with E-state index in [4.69, 9.17) is 9.47 Å². The number of amides is 1. The molecule has 1 aliphatic rings. The van der Waals surface area contributed by atoms with Gasteiger partial charge < -0.3 is 9.47 Å². The van der Waals surface area contributed by atoms with E-state index in [1.54, 1.807) is 55.6 Å². The number of esters is 1. The molecule has 0 saturated heterocycles. The average molecular weight is 453 g/mol. The van der Waals surface area contributed by atoms with Gasteiger partial charge in [-0.2, -0.15) is 5.26 Å². The number of hydrogen-bond donors (Lipinski definition) is 0. The lowest BCUT2D eigenvalue weighted by atomic mass is 9.77. The van der Waals surface area contributed by atoms with Gasteiger partial charge in [0.25, 0.3) is 5.91 Å². The standard InChI is InChI=1S/C28H24N2O4/c1-3-34-27(32)22-13-9-15-25(33-2)23(22)18-28(19-29)24-14-8-7-10-20(24)16-17-30(28)26(31)21-11-5-4-6-12-21/h4-17H,3,18H2,1-2H3. The Balaban J connectivity index is 1.92. The maximum atomic E-state index is 13.7. The van der Waals surface area contributed by atoms with Crippen LogP contribution >= 0.6 is 0 Å². The molecule has 6 nitrogen and oxygen atoms in total. The summed E-state index contributed by atoms with van der Waals surface area (Å²) >= 11 is 0. The first-order valence-electron chi connectivity index (χ1n) is 11.0. The predicted molar refractivity (Wildman–Crippen MR) is 128 cm³/mol. The van der Waals surface area contributed by atoms with Crippen molar-refractivity contribution in [3.8, 4) is 11.8 Å². The smallest absolute Gasteiger partial charge is 0.338 e. The second-order valence-electron chi connectivity index (χ2n) is 7.80. The fraction of sp³-hybridized carbons (Fsp3) is 0.179. The molecule has 4 rings (SSSR count). The van der Waals surface area contributed by atoms with Gasteiger partial charge in [-0.3, -0.25) is 9.69 Å². The van der Waals surface area contributed by atoms with Gasteiger partial charge in [-0.25, -0.2) is 4.79 Å². The van der Waals surface area contributed by atoms with E-state index in [1.165, 1.54) is 12.0 Å². The van der Waals surface area contributed by atoms with Crippen LogP contribution in [0.3, 0.4) is 0 Å². The minimum atomic E-state index is -1.42. The number of nitrogens with zero attached hydrogens (tertiary/aromatic N) is 2. The van der Waals surface area contributed by atoms with Gasteiger partial charge in [0, 0.05) is 23.7 Å². The number of fused-ring (bicyclic) bond motifs is 1. The first-order valence-corrected chi connectivity index (χ1v) is 11.0. The van der Waals surface area contributed by atoms with Gasteiger partial charge in [0.15, 0.2) is 5.54 Å². The van der Waals surface area contributed by atoms with Gasteiger partial charge in [-0.15, -0.1) is 0 Å². The monoisotopic (exact) mass is 452 g/mol. The SMILES string of the molecule is CCOC(=O)c1cccc(OC)c1CC1(C#N)c2ccccc2C=CN1C(=O)c1ccccc1. The minimum Gasteiger partial charge on any atom is -0.496 e. The lowest BCUT2D eigenvalue weighted by Crippen LogP contribution is -2.49. The van der Waals surface area contributed by atoms with Gasteiger partial charge in [-0.1, -0.05) is 48.5 Å². The molecule has 3 aromatic carbocycles. The number of methoxy groups -OCH3 is 1. The molecule has 0 fully saturated rings. The summed E-state index contributed by atoms with van der Waals surface area (Å²) in [5, 5.41) is 10.7. The van der Waals surface area contributed by atoms with Crippen molar-refractivity contribution in [3.05, 3.63) is 107 Å². The van der Waals surface area contributed by atoms with Crippen molar-refractivity contribution < 1.29 is 19.1 Å². The van der Waals surface area contributed by atoms with Crippen molar-refractivity contribution in [1.29, 1.82) is 5.26 Å². The van der Waals surface area contributed by atoms with Crippen molar-refractivity contribution in [2.75, 3.05) is 13.7 Å². The number of rotatable bonds is 6. The zero-order valence-corrected chi connectivity index (χ0v) is 19.0. The molecule has 1 atom stereocenters. The van der Waals surface area contributed by atoms with Crippen molar-refractivity contribution >= 4 is 18.0 Å². The molecule has 0 aliphatic carbocycles. The van der Waals surface area contributed by atoms with E-state index >= 15 is 0 Å². The number of benzene rings is 3. The Morgan fingerprint density at radius 3 is 2.44 bits per heavy atom. The average Bonchev–Trinajstić information content (AvgIpc) is 2.89. The largest absolute Gasteiger partial charge is 0.496 e. The molecule has 0 aromatic heterocycles. The molecule has 170 valence electrons. The van der Waals surface area contributed by atoms with Crippen molar-refractivity contribution in [1.82, 2.24) is 4.90 Å². The zero-order valence-electron chi connectivity index (χ0n) is 19.0. The fourth-order valence-electron chi connectivity index (χ4n) is 4.32. The van der Waals surface area contributed by atoms with Crippen molar-refractivity contribution in [2.24, 2.45) is 0 Å². The summed E-state index contributed by atoms with van der Waals surface area (Å²) in [6, 6.07) is 23.8. The van der Waals surface area contributed by atoms with Crippen LogP contribution in [0.4, 0.5) is 0 Å². The molecule has 1 heterocycles. The highest BCUT2D eigenvalue weighted by Gasteiger charge is 2.45. The lowest BCUT2D eigenvalue weighted by molar-refractivity contribution is 0.0523. The topological polar surface area (TPSA) is 79.6 Å². The highest BCUT2D eigenvalue weighted by atomic mass is 16.5. The van der Waals surface area contributed by atoms with E-state index in [1.807, 2.05) is 36.4 Å². The summed E-state index contributed by atoms with van der Waals surface area (Å²) in [4.78, 5) is 27.9. The molecule has 3 aromatic rings. The second kappa shape index (κ2) is 9.63. The molecule has 0 N–H and O–H groups in total. The molecular weight excluding hydrogens is 428 g/mol. The zero-order chi connectivity index (χ0) is 24.1. The molecule has 0 spiro atoms. The van der Waals surface area contributed by atoms with Crippen LogP contribution in [0.5, 0.6) is 5.75 Å². The van der Waals surface area contributed by atoms with Crippen LogP contribution in [-0.2, 0) is 16.7 Å². The quantitative estimate of drug-likeness (QED) is 0.494. The summed E-state index contributed by atoms with van der Waals surface area (Å²) in [5.74, 6) is -0.384. The van der Waals surface area contributed by atoms with E-state index in [0.29, 0.717) is 28.0 Å². The van der Waals surface area contributed by atoms with Crippen LogP contribution in [0.15, 0.2) is 79.0 Å². The third-order valence-corrected chi connectivity index (χ3v) is 5.93. The fourth-order valence-corrected chi connectivity index (χ4v) is 4.32. The molecule has 1 amide bonds. The molecule has 34 heavy (non-hydrogen) atoms. The first-order chi connectivity index (χ1) is 16.6. The number of carbonyl (C=O) groups excluding carboxylic acids is 2. The normalized spacial score (nSPS) is 16.3. The molecule has 0 bridgehead atoms. The van der Waals surface area contributed by atoms with Crippen molar-refractivity contribution in [2.45, 2.75) is 18.9 Å². The Bertz CT molecular complexity index is 1290. The van der Waals surface area contributed by atoms with Gasteiger partial charge in [0.05, 0.1) is 25.3 Å².